The van der Waals surface area contributed by atoms with Crippen molar-refractivity contribution in [2.75, 3.05) is 11.9 Å². The average Bonchev–Trinajstić information content (AvgIpc) is 2.99. The number of carbonyl (C=O) groups excluding carboxylic acids is 2. The molecule has 3 aromatic rings. The number of halogens is 1. The molecule has 0 saturated carbocycles. The van der Waals surface area contributed by atoms with E-state index in [1.54, 1.807) is 19.1 Å². The molecule has 0 aliphatic carbocycles. The van der Waals surface area contributed by atoms with E-state index in [1.807, 2.05) is 41.0 Å². The molecule has 0 spiro atoms. The van der Waals surface area contributed by atoms with Crippen LogP contribution in [0.3, 0.4) is 0 Å². The molecule has 26 heavy (non-hydrogen) atoms. The molecule has 2 atom stereocenters. The van der Waals surface area contributed by atoms with Crippen LogP contribution in [0.2, 0.25) is 5.02 Å². The van der Waals surface area contributed by atoms with Gasteiger partial charge in [0, 0.05) is 5.02 Å². The quantitative estimate of drug-likeness (QED) is 0.567. The van der Waals surface area contributed by atoms with Crippen molar-refractivity contribution in [3.63, 3.8) is 0 Å². The Kier molecular flexibility index (Phi) is 4.12. The van der Waals surface area contributed by atoms with Crippen molar-refractivity contribution >= 4 is 40.5 Å². The molecule has 1 aromatic heterocycles. The van der Waals surface area contributed by atoms with Crippen LogP contribution in [0.5, 0.6) is 0 Å². The fourth-order valence-electron chi connectivity index (χ4n) is 3.36. The van der Waals surface area contributed by atoms with Crippen molar-refractivity contribution in [1.82, 2.24) is 9.55 Å². The number of hydrogen-bond donors (Lipinski definition) is 1. The molecule has 1 aliphatic rings. The third kappa shape index (κ3) is 2.63. The van der Waals surface area contributed by atoms with E-state index in [9.17, 15) is 9.59 Å². The van der Waals surface area contributed by atoms with E-state index in [0.717, 1.165) is 16.6 Å². The van der Waals surface area contributed by atoms with Gasteiger partial charge in [0.25, 0.3) is 0 Å². The third-order valence-corrected chi connectivity index (χ3v) is 4.71. The second kappa shape index (κ2) is 6.46. The van der Waals surface area contributed by atoms with Crippen LogP contribution in [-0.4, -0.2) is 28.0 Å². The number of esters is 1. The highest BCUT2D eigenvalue weighted by Crippen LogP contribution is 2.38. The minimum atomic E-state index is -1.01. The van der Waals surface area contributed by atoms with E-state index in [1.165, 1.54) is 0 Å². The van der Waals surface area contributed by atoms with E-state index in [2.05, 4.69) is 10.3 Å². The van der Waals surface area contributed by atoms with Crippen LogP contribution in [0.4, 0.5) is 5.95 Å². The number of amides is 1. The van der Waals surface area contributed by atoms with Gasteiger partial charge in [-0.1, -0.05) is 35.9 Å². The third-order valence-electron chi connectivity index (χ3n) is 4.46. The van der Waals surface area contributed by atoms with E-state index in [-0.39, 0.29) is 6.61 Å². The molecular weight excluding hydrogens is 354 g/mol. The van der Waals surface area contributed by atoms with E-state index in [0.29, 0.717) is 11.0 Å². The topological polar surface area (TPSA) is 73.2 Å². The summed E-state index contributed by atoms with van der Waals surface area (Å²) in [7, 11) is 0. The molecule has 0 saturated heterocycles. The number of ether oxygens (including phenoxy) is 1. The molecule has 0 radical (unpaired) electrons. The molecule has 6 nitrogen and oxygen atoms in total. The molecule has 0 unspecified atom stereocenters. The van der Waals surface area contributed by atoms with Gasteiger partial charge in [0.05, 0.1) is 23.7 Å². The number of nitrogens with zero attached hydrogens (tertiary/aromatic N) is 2. The van der Waals surface area contributed by atoms with Gasteiger partial charge >= 0.3 is 5.97 Å². The standard InChI is InChI=1S/C19H16ClN3O3/c1-2-26-18(25)15-16(11-7-9-12(20)10-8-11)23-14-6-4-3-5-13(14)21-19(23)22-17(15)24/h3-10,15-16H,2H2,1H3,(H,21,22,24)/t15-,16-/m1/s1. The summed E-state index contributed by atoms with van der Waals surface area (Å²) in [5.41, 5.74) is 2.36. The Bertz CT molecular complexity index is 997. The Morgan fingerprint density at radius 3 is 2.69 bits per heavy atom. The Hall–Kier alpha value is -2.86. The fourth-order valence-corrected chi connectivity index (χ4v) is 3.49. The first-order valence-electron chi connectivity index (χ1n) is 8.30. The van der Waals surface area contributed by atoms with Crippen LogP contribution in [0, 0.1) is 5.92 Å². The van der Waals surface area contributed by atoms with Gasteiger partial charge in [0.1, 0.15) is 0 Å². The lowest BCUT2D eigenvalue weighted by Crippen LogP contribution is -2.43. The summed E-state index contributed by atoms with van der Waals surface area (Å²) in [4.78, 5) is 29.8. The normalized spacial score (nSPS) is 19.1. The average molecular weight is 370 g/mol. The van der Waals surface area contributed by atoms with Gasteiger partial charge in [-0.15, -0.1) is 0 Å². The Labute approximate surface area is 154 Å². The van der Waals surface area contributed by atoms with Gasteiger partial charge in [-0.25, -0.2) is 4.98 Å². The lowest BCUT2D eigenvalue weighted by Gasteiger charge is -2.32. The van der Waals surface area contributed by atoms with Crippen molar-refractivity contribution in [2.45, 2.75) is 13.0 Å². The number of hydrogen-bond acceptors (Lipinski definition) is 4. The predicted octanol–water partition coefficient (Wildman–Crippen LogP) is 3.41. The molecule has 0 fully saturated rings. The molecule has 1 aliphatic heterocycles. The maximum absolute atomic E-state index is 12.7. The van der Waals surface area contributed by atoms with Crippen LogP contribution in [0.15, 0.2) is 48.5 Å². The first-order valence-corrected chi connectivity index (χ1v) is 8.68. The minimum Gasteiger partial charge on any atom is -0.465 e. The Balaban J connectivity index is 1.95. The number of benzene rings is 2. The number of rotatable bonds is 3. The Morgan fingerprint density at radius 1 is 1.23 bits per heavy atom. The van der Waals surface area contributed by atoms with E-state index < -0.39 is 23.8 Å². The number of nitrogens with one attached hydrogen (secondary N) is 1. The summed E-state index contributed by atoms with van der Waals surface area (Å²) < 4.78 is 7.05. The zero-order valence-electron chi connectivity index (χ0n) is 14.0. The van der Waals surface area contributed by atoms with Gasteiger partial charge in [0.2, 0.25) is 11.9 Å². The monoisotopic (exact) mass is 369 g/mol. The van der Waals surface area contributed by atoms with Gasteiger partial charge in [-0.3, -0.25) is 14.9 Å². The summed E-state index contributed by atoms with van der Waals surface area (Å²) >= 11 is 6.01. The first-order chi connectivity index (χ1) is 12.6. The Morgan fingerprint density at radius 2 is 1.96 bits per heavy atom. The number of carbonyl (C=O) groups is 2. The smallest absolute Gasteiger partial charge is 0.321 e. The summed E-state index contributed by atoms with van der Waals surface area (Å²) in [6.45, 7) is 1.92. The van der Waals surface area contributed by atoms with Gasteiger partial charge in [-0.2, -0.15) is 0 Å². The molecule has 1 N–H and O–H groups in total. The predicted molar refractivity (Wildman–Crippen MR) is 98.1 cm³/mol. The molecule has 0 bridgehead atoms. The molecule has 4 rings (SSSR count). The lowest BCUT2D eigenvalue weighted by atomic mass is 9.90. The maximum atomic E-state index is 12.7. The number of para-hydroxylation sites is 2. The van der Waals surface area contributed by atoms with Gasteiger partial charge in [0.15, 0.2) is 5.92 Å². The summed E-state index contributed by atoms with van der Waals surface area (Å²) in [6, 6.07) is 14.1. The van der Waals surface area contributed by atoms with Crippen LogP contribution in [-0.2, 0) is 14.3 Å². The van der Waals surface area contributed by atoms with Crippen molar-refractivity contribution in [2.24, 2.45) is 5.92 Å². The zero-order chi connectivity index (χ0) is 18.3. The highest BCUT2D eigenvalue weighted by molar-refractivity contribution is 6.30. The molecule has 7 heteroatoms. The van der Waals surface area contributed by atoms with E-state index in [4.69, 9.17) is 16.3 Å². The van der Waals surface area contributed by atoms with E-state index >= 15 is 0 Å². The fraction of sp³-hybridized carbons (Fsp3) is 0.211. The zero-order valence-corrected chi connectivity index (χ0v) is 14.7. The second-order valence-electron chi connectivity index (χ2n) is 6.01. The van der Waals surface area contributed by atoms with Crippen molar-refractivity contribution < 1.29 is 14.3 Å². The second-order valence-corrected chi connectivity index (χ2v) is 6.45. The number of aromatic nitrogens is 2. The molecule has 2 heterocycles. The SMILES string of the molecule is CCOC(=O)[C@H]1C(=O)Nc2nc3ccccc3n2[C@@H]1c1ccc(Cl)cc1. The van der Waals surface area contributed by atoms with Gasteiger partial charge < -0.3 is 9.30 Å². The van der Waals surface area contributed by atoms with Crippen molar-refractivity contribution in [1.29, 1.82) is 0 Å². The van der Waals surface area contributed by atoms with Gasteiger partial charge in [-0.05, 0) is 36.8 Å². The molecular formula is C19H16ClN3O3. The van der Waals surface area contributed by atoms with Crippen molar-refractivity contribution in [3.05, 3.63) is 59.1 Å². The number of anilines is 1. The van der Waals surface area contributed by atoms with Crippen LogP contribution in [0.25, 0.3) is 11.0 Å². The van der Waals surface area contributed by atoms with Crippen LogP contribution in [0.1, 0.15) is 18.5 Å². The van der Waals surface area contributed by atoms with Crippen LogP contribution >= 0.6 is 11.6 Å². The number of fused-ring (bicyclic) bond motifs is 3. The van der Waals surface area contributed by atoms with Crippen molar-refractivity contribution in [3.8, 4) is 0 Å². The highest BCUT2D eigenvalue weighted by Gasteiger charge is 2.44. The molecule has 132 valence electrons. The first kappa shape index (κ1) is 16.6. The summed E-state index contributed by atoms with van der Waals surface area (Å²) in [5, 5.41) is 3.32. The molecule has 2 aromatic carbocycles. The maximum Gasteiger partial charge on any atom is 0.321 e. The van der Waals surface area contributed by atoms with Crippen LogP contribution < -0.4 is 5.32 Å². The summed E-state index contributed by atoms with van der Waals surface area (Å²) in [5.74, 6) is -1.59. The largest absolute Gasteiger partial charge is 0.465 e. The number of imidazole rings is 1. The lowest BCUT2D eigenvalue weighted by molar-refractivity contribution is -0.152. The molecule has 1 amide bonds. The summed E-state index contributed by atoms with van der Waals surface area (Å²) in [6.07, 6.45) is 0. The minimum absolute atomic E-state index is 0.202. The highest BCUT2D eigenvalue weighted by atomic mass is 35.5.